The molecule has 148 valence electrons. The number of aliphatic hydroxyl groups excluding tert-OH is 2. The first-order valence-corrected chi connectivity index (χ1v) is 10.4. The van der Waals surface area contributed by atoms with Crippen molar-refractivity contribution in [2.24, 2.45) is 11.8 Å². The van der Waals surface area contributed by atoms with Gasteiger partial charge in [-0.2, -0.15) is 0 Å². The standard InChI is InChI=1S/C23H32O4/c24-18(13-12-17-8-4-3-5-9-17)14-15-19-20-10-6-1-2-7-11-23(26)27-22(20)16-21(19)25/h1,3-6,8-9,18-22,24-25H,2,7,10-16H2/b6-1-/t18-,19+,20+,21+,22-/m0/s1. The molecule has 0 unspecified atom stereocenters. The number of aliphatic hydroxyl groups is 2. The van der Waals surface area contributed by atoms with E-state index in [1.54, 1.807) is 0 Å². The van der Waals surface area contributed by atoms with E-state index < -0.39 is 6.10 Å². The summed E-state index contributed by atoms with van der Waals surface area (Å²) in [7, 11) is 0. The lowest BCUT2D eigenvalue weighted by Crippen LogP contribution is -2.26. The third-order valence-corrected chi connectivity index (χ3v) is 6.05. The molecule has 0 radical (unpaired) electrons. The van der Waals surface area contributed by atoms with Crippen LogP contribution in [-0.4, -0.2) is 34.5 Å². The number of carbonyl (C=O) groups is 1. The number of benzene rings is 1. The predicted molar refractivity (Wildman–Crippen MR) is 105 cm³/mol. The Labute approximate surface area is 162 Å². The highest BCUT2D eigenvalue weighted by molar-refractivity contribution is 5.69. The van der Waals surface area contributed by atoms with Gasteiger partial charge >= 0.3 is 5.97 Å². The Balaban J connectivity index is 1.53. The second-order valence-electron chi connectivity index (χ2n) is 8.01. The third kappa shape index (κ3) is 5.91. The van der Waals surface area contributed by atoms with Gasteiger partial charge in [0, 0.05) is 18.8 Å². The number of esters is 1. The zero-order chi connectivity index (χ0) is 19.1. The summed E-state index contributed by atoms with van der Waals surface area (Å²) in [6, 6.07) is 10.2. The normalized spacial score (nSPS) is 31.0. The molecule has 0 spiro atoms. The van der Waals surface area contributed by atoms with Crippen LogP contribution >= 0.6 is 0 Å². The number of fused-ring (bicyclic) bond motifs is 1. The summed E-state index contributed by atoms with van der Waals surface area (Å²) in [4.78, 5) is 12.0. The van der Waals surface area contributed by atoms with E-state index in [-0.39, 0.29) is 30.0 Å². The molecule has 4 nitrogen and oxygen atoms in total. The zero-order valence-electron chi connectivity index (χ0n) is 16.0. The van der Waals surface area contributed by atoms with Crippen LogP contribution in [0, 0.1) is 11.8 Å². The van der Waals surface area contributed by atoms with Crippen LogP contribution in [0.25, 0.3) is 0 Å². The van der Waals surface area contributed by atoms with E-state index in [1.165, 1.54) is 5.56 Å². The molecular weight excluding hydrogens is 340 g/mol. The molecule has 4 heteroatoms. The van der Waals surface area contributed by atoms with Crippen LogP contribution in [-0.2, 0) is 16.0 Å². The van der Waals surface area contributed by atoms with Crippen LogP contribution in [0.2, 0.25) is 0 Å². The Kier molecular flexibility index (Phi) is 7.48. The summed E-state index contributed by atoms with van der Waals surface area (Å²) in [6.45, 7) is 0. The Morgan fingerprint density at radius 2 is 1.96 bits per heavy atom. The van der Waals surface area contributed by atoms with E-state index in [4.69, 9.17) is 4.74 Å². The monoisotopic (exact) mass is 372 g/mol. The van der Waals surface area contributed by atoms with Gasteiger partial charge in [-0.05, 0) is 56.4 Å². The van der Waals surface area contributed by atoms with Crippen LogP contribution in [0.5, 0.6) is 0 Å². The fourth-order valence-electron chi connectivity index (χ4n) is 4.49. The number of hydrogen-bond acceptors (Lipinski definition) is 4. The van der Waals surface area contributed by atoms with Crippen molar-refractivity contribution in [1.82, 2.24) is 0 Å². The molecule has 0 saturated heterocycles. The number of ether oxygens (including phenoxy) is 1. The van der Waals surface area contributed by atoms with Crippen molar-refractivity contribution in [2.45, 2.75) is 76.1 Å². The van der Waals surface area contributed by atoms with Gasteiger partial charge in [0.1, 0.15) is 6.10 Å². The molecule has 0 amide bonds. The van der Waals surface area contributed by atoms with Crippen molar-refractivity contribution in [3.63, 3.8) is 0 Å². The number of rotatable bonds is 6. The average molecular weight is 373 g/mol. The minimum Gasteiger partial charge on any atom is -0.462 e. The topological polar surface area (TPSA) is 66.8 Å². The van der Waals surface area contributed by atoms with Crippen LogP contribution in [0.4, 0.5) is 0 Å². The van der Waals surface area contributed by atoms with Gasteiger partial charge in [-0.1, -0.05) is 42.5 Å². The molecular formula is C23H32O4. The van der Waals surface area contributed by atoms with Gasteiger partial charge in [0.15, 0.2) is 0 Å². The lowest BCUT2D eigenvalue weighted by molar-refractivity contribution is -0.151. The maximum atomic E-state index is 12.0. The molecule has 1 heterocycles. The highest BCUT2D eigenvalue weighted by Crippen LogP contribution is 2.40. The molecule has 0 aromatic heterocycles. The first-order valence-electron chi connectivity index (χ1n) is 10.4. The van der Waals surface area contributed by atoms with Crippen molar-refractivity contribution < 1.29 is 19.7 Å². The van der Waals surface area contributed by atoms with Gasteiger partial charge in [-0.15, -0.1) is 0 Å². The van der Waals surface area contributed by atoms with Crippen molar-refractivity contribution in [1.29, 1.82) is 0 Å². The smallest absolute Gasteiger partial charge is 0.306 e. The lowest BCUT2D eigenvalue weighted by Gasteiger charge is -2.26. The molecule has 27 heavy (non-hydrogen) atoms. The minimum absolute atomic E-state index is 0.0817. The van der Waals surface area contributed by atoms with Crippen molar-refractivity contribution in [3.05, 3.63) is 48.0 Å². The number of hydrogen-bond donors (Lipinski definition) is 2. The van der Waals surface area contributed by atoms with Crippen LogP contribution in [0.3, 0.4) is 0 Å². The first kappa shape index (κ1) is 20.1. The van der Waals surface area contributed by atoms with Gasteiger partial charge < -0.3 is 14.9 Å². The van der Waals surface area contributed by atoms with E-state index in [2.05, 4.69) is 24.3 Å². The molecule has 2 aliphatic rings. The van der Waals surface area contributed by atoms with Gasteiger partial charge in [-0.3, -0.25) is 4.79 Å². The van der Waals surface area contributed by atoms with E-state index in [0.717, 1.165) is 38.5 Å². The largest absolute Gasteiger partial charge is 0.462 e. The van der Waals surface area contributed by atoms with Gasteiger partial charge in [0.25, 0.3) is 0 Å². The molecule has 5 atom stereocenters. The van der Waals surface area contributed by atoms with E-state index >= 15 is 0 Å². The average Bonchev–Trinajstić information content (AvgIpc) is 2.96. The maximum Gasteiger partial charge on any atom is 0.306 e. The van der Waals surface area contributed by atoms with Crippen LogP contribution in [0.1, 0.15) is 56.9 Å². The summed E-state index contributed by atoms with van der Waals surface area (Å²) >= 11 is 0. The number of aryl methyl sites for hydroxylation is 1. The predicted octanol–water partition coefficient (Wildman–Crippen LogP) is 3.80. The SMILES string of the molecule is O=C1CCC/C=C\C[C@@H]2[C@@H](CC[C@@H](O)CCc3ccccc3)[C@H](O)C[C@@H]2O1. The molecule has 3 rings (SSSR count). The third-order valence-electron chi connectivity index (χ3n) is 6.05. The van der Waals surface area contributed by atoms with E-state index in [9.17, 15) is 15.0 Å². The molecule has 1 saturated carbocycles. The van der Waals surface area contributed by atoms with E-state index in [1.807, 2.05) is 18.2 Å². The summed E-state index contributed by atoms with van der Waals surface area (Å²) in [5.41, 5.74) is 1.24. The van der Waals surface area contributed by atoms with Gasteiger partial charge in [-0.25, -0.2) is 0 Å². The first-order chi connectivity index (χ1) is 13.1. The minimum atomic E-state index is -0.455. The Morgan fingerprint density at radius 3 is 2.78 bits per heavy atom. The number of allylic oxidation sites excluding steroid dienone is 2. The summed E-state index contributed by atoms with van der Waals surface area (Å²) in [6.07, 6.45) is 9.88. The fourth-order valence-corrected chi connectivity index (χ4v) is 4.49. The second-order valence-corrected chi connectivity index (χ2v) is 8.01. The molecule has 1 aliphatic heterocycles. The Morgan fingerprint density at radius 1 is 1.15 bits per heavy atom. The fraction of sp³-hybridized carbons (Fsp3) is 0.609. The second kappa shape index (κ2) is 10.0. The van der Waals surface area contributed by atoms with Crippen LogP contribution < -0.4 is 0 Å². The highest BCUT2D eigenvalue weighted by atomic mass is 16.5. The van der Waals surface area contributed by atoms with E-state index in [0.29, 0.717) is 19.3 Å². The Hall–Kier alpha value is -1.65. The highest BCUT2D eigenvalue weighted by Gasteiger charge is 2.43. The number of carbonyl (C=O) groups excluding carboxylic acids is 1. The van der Waals surface area contributed by atoms with Crippen molar-refractivity contribution >= 4 is 5.97 Å². The molecule has 1 aromatic carbocycles. The quantitative estimate of drug-likeness (QED) is 0.589. The molecule has 1 aromatic rings. The Bertz CT molecular complexity index is 612. The van der Waals surface area contributed by atoms with Gasteiger partial charge in [0.05, 0.1) is 12.2 Å². The lowest BCUT2D eigenvalue weighted by atomic mass is 9.85. The molecule has 1 fully saturated rings. The molecule has 0 bridgehead atoms. The summed E-state index contributed by atoms with van der Waals surface area (Å²) in [5, 5.41) is 21.0. The van der Waals surface area contributed by atoms with Crippen LogP contribution in [0.15, 0.2) is 42.5 Å². The van der Waals surface area contributed by atoms with Crippen molar-refractivity contribution in [2.75, 3.05) is 0 Å². The summed E-state index contributed by atoms with van der Waals surface area (Å²) < 4.78 is 5.67. The maximum absolute atomic E-state index is 12.0. The molecule has 2 N–H and O–H groups in total. The molecule has 1 aliphatic carbocycles. The summed E-state index contributed by atoms with van der Waals surface area (Å²) in [5.74, 6) is 0.0916. The van der Waals surface area contributed by atoms with Crippen molar-refractivity contribution in [3.8, 4) is 0 Å². The zero-order valence-corrected chi connectivity index (χ0v) is 16.0. The van der Waals surface area contributed by atoms with Gasteiger partial charge in [0.2, 0.25) is 0 Å².